The fourth-order valence-corrected chi connectivity index (χ4v) is 3.34. The highest BCUT2D eigenvalue weighted by atomic mass is 35.5. The van der Waals surface area contributed by atoms with Crippen molar-refractivity contribution in [1.82, 2.24) is 4.98 Å². The van der Waals surface area contributed by atoms with Gasteiger partial charge in [0.05, 0.1) is 10.6 Å². The predicted octanol–water partition coefficient (Wildman–Crippen LogP) is 4.95. The molecule has 0 radical (unpaired) electrons. The molecule has 1 heterocycles. The van der Waals surface area contributed by atoms with Gasteiger partial charge in [0, 0.05) is 17.5 Å². The van der Waals surface area contributed by atoms with Crippen LogP contribution in [0.1, 0.15) is 26.4 Å². The maximum atomic E-state index is 12.2. The van der Waals surface area contributed by atoms with E-state index in [1.54, 1.807) is 30.5 Å². The van der Waals surface area contributed by atoms with Crippen LogP contribution in [0.2, 0.25) is 5.02 Å². The third-order valence-electron chi connectivity index (χ3n) is 3.35. The number of nitrogens with zero attached hydrogens (tertiary/aromatic N) is 1. The zero-order chi connectivity index (χ0) is 16.2. The van der Waals surface area contributed by atoms with Gasteiger partial charge < -0.3 is 0 Å². The molecular formula is C18H15ClN2OS. The van der Waals surface area contributed by atoms with E-state index in [-0.39, 0.29) is 5.91 Å². The Morgan fingerprint density at radius 2 is 2.04 bits per heavy atom. The Hall–Kier alpha value is -2.17. The van der Waals surface area contributed by atoms with Crippen LogP contribution in [-0.4, -0.2) is 10.9 Å². The van der Waals surface area contributed by atoms with Gasteiger partial charge in [-0.2, -0.15) is 0 Å². The third-order valence-corrected chi connectivity index (χ3v) is 4.60. The van der Waals surface area contributed by atoms with E-state index in [1.165, 1.54) is 22.5 Å². The number of nitrogens with one attached hydrogen (secondary N) is 1. The number of amides is 1. The smallest absolute Gasteiger partial charge is 0.258 e. The number of benzene rings is 2. The number of aryl methyl sites for hydroxylation is 1. The Kier molecular flexibility index (Phi) is 4.74. The van der Waals surface area contributed by atoms with E-state index in [2.05, 4.69) is 35.4 Å². The highest BCUT2D eigenvalue weighted by Crippen LogP contribution is 2.23. The first-order valence-electron chi connectivity index (χ1n) is 7.18. The molecule has 3 aromatic rings. The molecule has 2 aromatic carbocycles. The summed E-state index contributed by atoms with van der Waals surface area (Å²) in [4.78, 5) is 17.6. The van der Waals surface area contributed by atoms with Crippen molar-refractivity contribution in [3.63, 3.8) is 0 Å². The molecule has 1 aromatic heterocycles. The third kappa shape index (κ3) is 3.97. The number of carbonyl (C=O) groups is 1. The molecule has 0 saturated carbocycles. The second-order valence-corrected chi connectivity index (χ2v) is 6.75. The number of anilines is 1. The topological polar surface area (TPSA) is 42.0 Å². The van der Waals surface area contributed by atoms with E-state index in [4.69, 9.17) is 11.6 Å². The normalized spacial score (nSPS) is 10.5. The molecule has 23 heavy (non-hydrogen) atoms. The minimum absolute atomic E-state index is 0.243. The zero-order valence-electron chi connectivity index (χ0n) is 12.5. The first-order chi connectivity index (χ1) is 11.1. The van der Waals surface area contributed by atoms with Crippen molar-refractivity contribution in [3.05, 3.63) is 81.3 Å². The number of rotatable bonds is 4. The van der Waals surface area contributed by atoms with E-state index in [0.717, 1.165) is 11.3 Å². The first kappa shape index (κ1) is 15.7. The van der Waals surface area contributed by atoms with Crippen LogP contribution in [-0.2, 0) is 6.42 Å². The second-order valence-electron chi connectivity index (χ2n) is 5.23. The number of thiazole rings is 1. The summed E-state index contributed by atoms with van der Waals surface area (Å²) in [5, 5.41) is 3.81. The molecule has 0 fully saturated rings. The molecule has 1 amide bonds. The summed E-state index contributed by atoms with van der Waals surface area (Å²) in [5.74, 6) is -0.243. The van der Waals surface area contributed by atoms with Crippen LogP contribution in [0.3, 0.4) is 0 Å². The minimum Gasteiger partial charge on any atom is -0.298 e. The van der Waals surface area contributed by atoms with Gasteiger partial charge in [-0.15, -0.1) is 11.3 Å². The van der Waals surface area contributed by atoms with Gasteiger partial charge in [0.25, 0.3) is 5.91 Å². The Balaban J connectivity index is 1.70. The van der Waals surface area contributed by atoms with E-state index < -0.39 is 0 Å². The van der Waals surface area contributed by atoms with Crippen LogP contribution < -0.4 is 5.32 Å². The molecule has 0 bridgehead atoms. The van der Waals surface area contributed by atoms with E-state index in [9.17, 15) is 4.79 Å². The van der Waals surface area contributed by atoms with Gasteiger partial charge in [-0.05, 0) is 24.6 Å². The minimum atomic E-state index is -0.243. The summed E-state index contributed by atoms with van der Waals surface area (Å²) in [5.41, 5.74) is 2.92. The van der Waals surface area contributed by atoms with Crippen LogP contribution in [0.5, 0.6) is 0 Å². The van der Waals surface area contributed by atoms with Crippen LogP contribution in [0.4, 0.5) is 5.13 Å². The highest BCUT2D eigenvalue weighted by molar-refractivity contribution is 7.15. The molecule has 0 aliphatic heterocycles. The molecule has 0 saturated heterocycles. The quantitative estimate of drug-likeness (QED) is 0.729. The summed E-state index contributed by atoms with van der Waals surface area (Å²) >= 11 is 7.51. The lowest BCUT2D eigenvalue weighted by molar-refractivity contribution is 0.102. The van der Waals surface area contributed by atoms with Gasteiger partial charge in [0.15, 0.2) is 5.13 Å². The Morgan fingerprint density at radius 1 is 1.22 bits per heavy atom. The Labute approximate surface area is 144 Å². The second kappa shape index (κ2) is 6.94. The maximum absolute atomic E-state index is 12.2. The number of hydrogen-bond acceptors (Lipinski definition) is 3. The lowest BCUT2D eigenvalue weighted by atomic mass is 10.1. The van der Waals surface area contributed by atoms with Crippen molar-refractivity contribution >= 4 is 34.0 Å². The fourth-order valence-electron chi connectivity index (χ4n) is 2.28. The van der Waals surface area contributed by atoms with E-state index in [0.29, 0.717) is 15.7 Å². The van der Waals surface area contributed by atoms with E-state index >= 15 is 0 Å². The molecule has 5 heteroatoms. The van der Waals surface area contributed by atoms with Crippen LogP contribution in [0.15, 0.2) is 54.7 Å². The van der Waals surface area contributed by atoms with Crippen LogP contribution in [0, 0.1) is 6.92 Å². The fraction of sp³-hybridized carbons (Fsp3) is 0.111. The van der Waals surface area contributed by atoms with Gasteiger partial charge in [-0.3, -0.25) is 10.1 Å². The van der Waals surface area contributed by atoms with Crippen molar-refractivity contribution in [2.24, 2.45) is 0 Å². The van der Waals surface area contributed by atoms with Gasteiger partial charge in [-0.1, -0.05) is 53.6 Å². The standard InChI is InChI=1S/C18H15ClN2OS/c1-12-5-4-6-13(9-12)10-14-11-20-18(23-14)21-17(22)15-7-2-3-8-16(15)19/h2-9,11H,10H2,1H3,(H,20,21,22). The number of halogens is 1. The zero-order valence-corrected chi connectivity index (χ0v) is 14.1. The molecule has 0 atom stereocenters. The molecule has 1 N–H and O–H groups in total. The van der Waals surface area contributed by atoms with Crippen molar-refractivity contribution < 1.29 is 4.79 Å². The summed E-state index contributed by atoms with van der Waals surface area (Å²) in [6.07, 6.45) is 2.61. The number of carbonyl (C=O) groups excluding carboxylic acids is 1. The Morgan fingerprint density at radius 3 is 2.83 bits per heavy atom. The van der Waals surface area contributed by atoms with Crippen molar-refractivity contribution in [3.8, 4) is 0 Å². The summed E-state index contributed by atoms with van der Waals surface area (Å²) in [6.45, 7) is 2.07. The van der Waals surface area contributed by atoms with Crippen LogP contribution in [0.25, 0.3) is 0 Å². The number of aromatic nitrogens is 1. The van der Waals surface area contributed by atoms with E-state index in [1.807, 2.05) is 6.07 Å². The van der Waals surface area contributed by atoms with Crippen molar-refractivity contribution in [1.29, 1.82) is 0 Å². The number of hydrogen-bond donors (Lipinski definition) is 1. The van der Waals surface area contributed by atoms with Crippen LogP contribution >= 0.6 is 22.9 Å². The van der Waals surface area contributed by atoms with Gasteiger partial charge in [0.1, 0.15) is 0 Å². The predicted molar refractivity (Wildman–Crippen MR) is 95.5 cm³/mol. The molecular weight excluding hydrogens is 328 g/mol. The van der Waals surface area contributed by atoms with Crippen molar-refractivity contribution in [2.75, 3.05) is 5.32 Å². The van der Waals surface area contributed by atoms with Gasteiger partial charge >= 0.3 is 0 Å². The average Bonchev–Trinajstić information content (AvgIpc) is 2.94. The lowest BCUT2D eigenvalue weighted by Crippen LogP contribution is -2.11. The Bertz CT molecular complexity index is 844. The lowest BCUT2D eigenvalue weighted by Gasteiger charge is -2.03. The molecule has 116 valence electrons. The van der Waals surface area contributed by atoms with Gasteiger partial charge in [0.2, 0.25) is 0 Å². The molecule has 0 spiro atoms. The molecule has 0 aliphatic rings. The highest BCUT2D eigenvalue weighted by Gasteiger charge is 2.12. The summed E-state index contributed by atoms with van der Waals surface area (Å²) in [6, 6.07) is 15.3. The monoisotopic (exact) mass is 342 g/mol. The summed E-state index contributed by atoms with van der Waals surface area (Å²) < 4.78 is 0. The molecule has 0 aliphatic carbocycles. The van der Waals surface area contributed by atoms with Crippen molar-refractivity contribution in [2.45, 2.75) is 13.3 Å². The van der Waals surface area contributed by atoms with Gasteiger partial charge in [-0.25, -0.2) is 4.98 Å². The largest absolute Gasteiger partial charge is 0.298 e. The molecule has 3 nitrogen and oxygen atoms in total. The first-order valence-corrected chi connectivity index (χ1v) is 8.37. The average molecular weight is 343 g/mol. The maximum Gasteiger partial charge on any atom is 0.258 e. The SMILES string of the molecule is Cc1cccc(Cc2cnc(NC(=O)c3ccccc3Cl)s2)c1. The molecule has 0 unspecified atom stereocenters. The summed E-state index contributed by atoms with van der Waals surface area (Å²) in [7, 11) is 0. The molecule has 3 rings (SSSR count).